The van der Waals surface area contributed by atoms with Gasteiger partial charge in [-0.3, -0.25) is 4.99 Å². The SMILES string of the molecule is CC=N[C@@H](CS)C(=O)O. The van der Waals surface area contributed by atoms with Crippen molar-refractivity contribution >= 4 is 24.8 Å². The summed E-state index contributed by atoms with van der Waals surface area (Å²) in [5.74, 6) is -0.678. The fourth-order valence-electron chi connectivity index (χ4n) is 0.369. The van der Waals surface area contributed by atoms with E-state index >= 15 is 0 Å². The number of carbonyl (C=O) groups is 1. The third-order valence-electron chi connectivity index (χ3n) is 0.787. The van der Waals surface area contributed by atoms with Crippen molar-refractivity contribution in [3.63, 3.8) is 0 Å². The summed E-state index contributed by atoms with van der Waals surface area (Å²) >= 11 is 3.79. The summed E-state index contributed by atoms with van der Waals surface area (Å²) in [5.41, 5.74) is 0. The second-order valence-corrected chi connectivity index (χ2v) is 1.81. The van der Waals surface area contributed by atoms with Crippen molar-refractivity contribution in [3.8, 4) is 0 Å². The molecule has 0 amide bonds. The highest BCUT2D eigenvalue weighted by atomic mass is 32.1. The van der Waals surface area contributed by atoms with Gasteiger partial charge >= 0.3 is 5.97 Å². The zero-order valence-electron chi connectivity index (χ0n) is 5.11. The first kappa shape index (κ1) is 8.49. The zero-order valence-corrected chi connectivity index (χ0v) is 6.01. The predicted octanol–water partition coefficient (Wildman–Crippen LogP) is 0.460. The average molecular weight is 147 g/mol. The van der Waals surface area contributed by atoms with Crippen LogP contribution < -0.4 is 0 Å². The topological polar surface area (TPSA) is 49.7 Å². The molecule has 0 spiro atoms. The Kier molecular flexibility index (Phi) is 4.13. The van der Waals surface area contributed by atoms with Crippen LogP contribution in [0.1, 0.15) is 6.92 Å². The average Bonchev–Trinajstić information content (AvgIpc) is 1.82. The van der Waals surface area contributed by atoms with Crippen molar-refractivity contribution in [2.24, 2.45) is 4.99 Å². The molecule has 0 bridgehead atoms. The molecule has 0 aliphatic rings. The van der Waals surface area contributed by atoms with Crippen LogP contribution in [0.5, 0.6) is 0 Å². The van der Waals surface area contributed by atoms with Crippen LogP contribution in [0.15, 0.2) is 4.99 Å². The smallest absolute Gasteiger partial charge is 0.329 e. The molecule has 0 saturated heterocycles. The van der Waals surface area contributed by atoms with Crippen molar-refractivity contribution in [3.05, 3.63) is 0 Å². The molecule has 0 saturated carbocycles. The lowest BCUT2D eigenvalue weighted by atomic mass is 10.4. The van der Waals surface area contributed by atoms with E-state index in [9.17, 15) is 4.79 Å². The highest BCUT2D eigenvalue weighted by Crippen LogP contribution is 1.92. The van der Waals surface area contributed by atoms with Gasteiger partial charge in [0.1, 0.15) is 0 Å². The summed E-state index contributed by atoms with van der Waals surface area (Å²) < 4.78 is 0. The van der Waals surface area contributed by atoms with Crippen LogP contribution in [0, 0.1) is 0 Å². The first-order valence-electron chi connectivity index (χ1n) is 2.53. The van der Waals surface area contributed by atoms with Gasteiger partial charge in [-0.05, 0) is 13.1 Å². The van der Waals surface area contributed by atoms with E-state index in [0.29, 0.717) is 0 Å². The molecule has 0 unspecified atom stereocenters. The largest absolute Gasteiger partial charge is 0.480 e. The van der Waals surface area contributed by atoms with Crippen LogP contribution in [-0.4, -0.2) is 29.1 Å². The number of hydrogen-bond donors (Lipinski definition) is 2. The monoisotopic (exact) mass is 147 g/mol. The van der Waals surface area contributed by atoms with Gasteiger partial charge in [-0.25, -0.2) is 4.79 Å². The van der Waals surface area contributed by atoms with Crippen molar-refractivity contribution in [2.45, 2.75) is 13.0 Å². The molecule has 0 heterocycles. The fraction of sp³-hybridized carbons (Fsp3) is 0.600. The van der Waals surface area contributed by atoms with Crippen molar-refractivity contribution in [1.29, 1.82) is 0 Å². The van der Waals surface area contributed by atoms with Crippen molar-refractivity contribution in [2.75, 3.05) is 5.75 Å². The molecule has 52 valence electrons. The van der Waals surface area contributed by atoms with E-state index < -0.39 is 12.0 Å². The standard InChI is InChI=1S/C5H9NO2S/c1-2-6-4(3-9)5(7)8/h2,4,9H,3H2,1H3,(H,7,8)/t4-/m0/s1. The number of aliphatic carboxylic acids is 1. The molecule has 0 aromatic carbocycles. The normalized spacial score (nSPS) is 14.0. The lowest BCUT2D eigenvalue weighted by Crippen LogP contribution is -2.19. The number of nitrogens with zero attached hydrogens (tertiary/aromatic N) is 1. The van der Waals surface area contributed by atoms with Gasteiger partial charge in [-0.2, -0.15) is 12.6 Å². The maximum Gasteiger partial charge on any atom is 0.329 e. The lowest BCUT2D eigenvalue weighted by molar-refractivity contribution is -0.137. The fourth-order valence-corrected chi connectivity index (χ4v) is 0.619. The number of thiol groups is 1. The van der Waals surface area contributed by atoms with Crippen LogP contribution in [-0.2, 0) is 4.79 Å². The summed E-state index contributed by atoms with van der Waals surface area (Å²) in [7, 11) is 0. The minimum Gasteiger partial charge on any atom is -0.480 e. The summed E-state index contributed by atoms with van der Waals surface area (Å²) in [6.07, 6.45) is 1.47. The molecule has 4 heteroatoms. The zero-order chi connectivity index (χ0) is 7.28. The lowest BCUT2D eigenvalue weighted by Gasteiger charge is -1.99. The molecular weight excluding hydrogens is 138 g/mol. The minimum atomic E-state index is -0.928. The summed E-state index contributed by atoms with van der Waals surface area (Å²) in [6.45, 7) is 1.68. The molecule has 0 aromatic heterocycles. The van der Waals surface area contributed by atoms with Gasteiger partial charge in [0, 0.05) is 5.75 Å². The molecule has 0 aliphatic carbocycles. The summed E-state index contributed by atoms with van der Waals surface area (Å²) in [4.78, 5) is 13.8. The second-order valence-electron chi connectivity index (χ2n) is 1.44. The Morgan fingerprint density at radius 1 is 2.00 bits per heavy atom. The van der Waals surface area contributed by atoms with Gasteiger partial charge in [0.15, 0.2) is 6.04 Å². The van der Waals surface area contributed by atoms with Crippen LogP contribution in [0.2, 0.25) is 0 Å². The number of aliphatic imine (C=N–C) groups is 1. The highest BCUT2D eigenvalue weighted by molar-refractivity contribution is 7.80. The van der Waals surface area contributed by atoms with E-state index in [1.807, 2.05) is 0 Å². The molecule has 9 heavy (non-hydrogen) atoms. The Balaban J connectivity index is 3.83. The Hall–Kier alpha value is -0.510. The van der Waals surface area contributed by atoms with Crippen LogP contribution in [0.4, 0.5) is 0 Å². The minimum absolute atomic E-state index is 0.250. The highest BCUT2D eigenvalue weighted by Gasteiger charge is 2.10. The number of carboxylic acid groups (broad SMARTS) is 1. The maximum atomic E-state index is 10.2. The van der Waals surface area contributed by atoms with Gasteiger partial charge in [0.25, 0.3) is 0 Å². The van der Waals surface area contributed by atoms with Crippen LogP contribution >= 0.6 is 12.6 Å². The van der Waals surface area contributed by atoms with Crippen LogP contribution in [0.3, 0.4) is 0 Å². The third-order valence-corrected chi connectivity index (χ3v) is 1.13. The Labute approximate surface area is 59.2 Å². The van der Waals surface area contributed by atoms with E-state index in [0.717, 1.165) is 0 Å². The van der Waals surface area contributed by atoms with E-state index in [1.54, 1.807) is 6.92 Å². The molecule has 0 rings (SSSR count). The van der Waals surface area contributed by atoms with Crippen molar-refractivity contribution < 1.29 is 9.90 Å². The Morgan fingerprint density at radius 3 is 2.67 bits per heavy atom. The van der Waals surface area contributed by atoms with Gasteiger partial charge < -0.3 is 5.11 Å². The van der Waals surface area contributed by atoms with E-state index in [-0.39, 0.29) is 5.75 Å². The van der Waals surface area contributed by atoms with Gasteiger partial charge in [0.2, 0.25) is 0 Å². The van der Waals surface area contributed by atoms with Gasteiger partial charge in [-0.1, -0.05) is 0 Å². The molecule has 0 aromatic rings. The van der Waals surface area contributed by atoms with Gasteiger partial charge in [0.05, 0.1) is 0 Å². The molecule has 0 fully saturated rings. The third kappa shape index (κ3) is 3.13. The number of rotatable bonds is 3. The van der Waals surface area contributed by atoms with Crippen molar-refractivity contribution in [1.82, 2.24) is 0 Å². The van der Waals surface area contributed by atoms with Gasteiger partial charge in [-0.15, -0.1) is 0 Å². The number of hydrogen-bond acceptors (Lipinski definition) is 3. The maximum absolute atomic E-state index is 10.2. The predicted molar refractivity (Wildman–Crippen MR) is 39.4 cm³/mol. The number of carboxylic acids is 1. The molecule has 0 radical (unpaired) electrons. The Morgan fingerprint density at radius 2 is 2.56 bits per heavy atom. The quantitative estimate of drug-likeness (QED) is 0.450. The first-order valence-corrected chi connectivity index (χ1v) is 3.17. The van der Waals surface area contributed by atoms with Crippen LogP contribution in [0.25, 0.3) is 0 Å². The summed E-state index contributed by atoms with van der Waals surface area (Å²) in [5, 5.41) is 8.34. The molecular formula is C5H9NO2S. The molecule has 0 aliphatic heterocycles. The molecule has 3 nitrogen and oxygen atoms in total. The molecule has 1 atom stereocenters. The second kappa shape index (κ2) is 4.38. The van der Waals surface area contributed by atoms with E-state index in [1.165, 1.54) is 6.21 Å². The van der Waals surface area contributed by atoms with E-state index in [4.69, 9.17) is 5.11 Å². The Bertz CT molecular complexity index is 124. The molecule has 1 N–H and O–H groups in total. The summed E-state index contributed by atoms with van der Waals surface area (Å²) in [6, 6.07) is -0.682. The van der Waals surface area contributed by atoms with E-state index in [2.05, 4.69) is 17.6 Å². The first-order chi connectivity index (χ1) is 4.22.